The van der Waals surface area contributed by atoms with Crippen LogP contribution >= 0.6 is 43.6 Å². The first-order chi connectivity index (χ1) is 9.93. The van der Waals surface area contributed by atoms with Gasteiger partial charge in [0.05, 0.1) is 23.0 Å². The fraction of sp³-hybridized carbons (Fsp3) is 0.231. The topological polar surface area (TPSA) is 64.4 Å². The summed E-state index contributed by atoms with van der Waals surface area (Å²) in [5, 5.41) is 9.45. The van der Waals surface area contributed by atoms with E-state index in [0.29, 0.717) is 10.9 Å². The van der Waals surface area contributed by atoms with Crippen LogP contribution in [0.4, 0.5) is 0 Å². The van der Waals surface area contributed by atoms with E-state index in [4.69, 9.17) is 9.84 Å². The number of hydrogen-bond donors (Lipinski definition) is 1. The molecule has 0 spiro atoms. The zero-order valence-electron chi connectivity index (χ0n) is 11.3. The maximum atomic E-state index is 10.7. The van der Waals surface area contributed by atoms with Crippen LogP contribution in [-0.4, -0.2) is 33.5 Å². The molecule has 0 aliphatic carbocycles. The number of thioether (sulfide) groups is 1. The molecule has 0 atom stereocenters. The summed E-state index contributed by atoms with van der Waals surface area (Å²) < 4.78 is 8.90. The third-order valence-corrected chi connectivity index (χ3v) is 4.89. The molecule has 0 fully saturated rings. The molecule has 2 rings (SSSR count). The number of ether oxygens (including phenoxy) is 1. The predicted molar refractivity (Wildman–Crippen MR) is 88.6 cm³/mol. The lowest BCUT2D eigenvalue weighted by molar-refractivity contribution is -0.133. The highest BCUT2D eigenvalue weighted by molar-refractivity contribution is 9.11. The number of aromatic nitrogens is 2. The van der Waals surface area contributed by atoms with Crippen LogP contribution in [0.3, 0.4) is 0 Å². The summed E-state index contributed by atoms with van der Waals surface area (Å²) in [5.41, 5.74) is 1.76. The molecule has 1 heterocycles. The van der Waals surface area contributed by atoms with E-state index in [9.17, 15) is 4.79 Å². The second-order valence-electron chi connectivity index (χ2n) is 4.14. The zero-order valence-corrected chi connectivity index (χ0v) is 15.2. The van der Waals surface area contributed by atoms with Crippen molar-refractivity contribution >= 4 is 49.6 Å². The zero-order chi connectivity index (χ0) is 15.6. The van der Waals surface area contributed by atoms with Gasteiger partial charge in [-0.25, -0.2) is 4.98 Å². The van der Waals surface area contributed by atoms with Crippen molar-refractivity contribution in [2.45, 2.75) is 12.1 Å². The number of carbonyl (C=O) groups is 1. The molecule has 0 aliphatic rings. The lowest BCUT2D eigenvalue weighted by Gasteiger charge is -2.14. The molecule has 1 aromatic heterocycles. The summed E-state index contributed by atoms with van der Waals surface area (Å²) >= 11 is 8.13. The molecule has 1 aromatic carbocycles. The lowest BCUT2D eigenvalue weighted by Crippen LogP contribution is -2.04. The number of aliphatic carboxylic acids is 1. The Balaban J connectivity index is 2.51. The van der Waals surface area contributed by atoms with Crippen LogP contribution in [0.2, 0.25) is 0 Å². The van der Waals surface area contributed by atoms with Crippen LogP contribution in [0.15, 0.2) is 32.4 Å². The second-order valence-corrected chi connectivity index (χ2v) is 6.79. The predicted octanol–water partition coefficient (Wildman–Crippen LogP) is 3.89. The molecule has 0 amide bonds. The Morgan fingerprint density at radius 1 is 1.43 bits per heavy atom. The molecular formula is C13H12Br2N2O3S. The molecule has 0 saturated heterocycles. The molecule has 8 heteroatoms. The summed E-state index contributed by atoms with van der Waals surface area (Å²) in [4.78, 5) is 15.0. The largest absolute Gasteiger partial charge is 0.495 e. The van der Waals surface area contributed by atoms with Crippen molar-refractivity contribution < 1.29 is 14.6 Å². The van der Waals surface area contributed by atoms with Gasteiger partial charge in [0.2, 0.25) is 0 Å². The van der Waals surface area contributed by atoms with Gasteiger partial charge in [0.15, 0.2) is 5.16 Å². The molecule has 0 bridgehead atoms. The Labute approximate surface area is 143 Å². The minimum absolute atomic E-state index is 0.0399. The van der Waals surface area contributed by atoms with E-state index >= 15 is 0 Å². The third-order valence-electron chi connectivity index (χ3n) is 2.69. The van der Waals surface area contributed by atoms with Crippen molar-refractivity contribution in [3.8, 4) is 11.4 Å². The minimum Gasteiger partial charge on any atom is -0.495 e. The summed E-state index contributed by atoms with van der Waals surface area (Å²) in [6.07, 6.45) is 1.71. The number of benzene rings is 1. The molecule has 21 heavy (non-hydrogen) atoms. The van der Waals surface area contributed by atoms with E-state index < -0.39 is 5.97 Å². The molecule has 0 radical (unpaired) electrons. The monoisotopic (exact) mass is 434 g/mol. The van der Waals surface area contributed by atoms with Crippen molar-refractivity contribution in [2.24, 2.45) is 0 Å². The third kappa shape index (κ3) is 3.61. The number of carboxylic acids is 1. The maximum absolute atomic E-state index is 10.7. The summed E-state index contributed by atoms with van der Waals surface area (Å²) in [6, 6.07) is 3.76. The Morgan fingerprint density at radius 3 is 2.76 bits per heavy atom. The van der Waals surface area contributed by atoms with Crippen LogP contribution in [-0.2, 0) is 4.79 Å². The first kappa shape index (κ1) is 16.4. The molecule has 112 valence electrons. The van der Waals surface area contributed by atoms with Crippen LogP contribution in [0.5, 0.6) is 5.75 Å². The number of rotatable bonds is 5. The van der Waals surface area contributed by atoms with Crippen LogP contribution in [0, 0.1) is 6.92 Å². The van der Waals surface area contributed by atoms with Crippen LogP contribution < -0.4 is 4.74 Å². The molecule has 0 unspecified atom stereocenters. The van der Waals surface area contributed by atoms with E-state index in [-0.39, 0.29) is 5.75 Å². The van der Waals surface area contributed by atoms with Gasteiger partial charge >= 0.3 is 5.97 Å². The van der Waals surface area contributed by atoms with Gasteiger partial charge in [0, 0.05) is 22.4 Å². The molecule has 1 N–H and O–H groups in total. The van der Waals surface area contributed by atoms with Gasteiger partial charge in [-0.3, -0.25) is 9.36 Å². The van der Waals surface area contributed by atoms with Crippen molar-refractivity contribution in [1.82, 2.24) is 9.55 Å². The first-order valence-corrected chi connectivity index (χ1v) is 8.43. The highest BCUT2D eigenvalue weighted by atomic mass is 79.9. The van der Waals surface area contributed by atoms with Crippen molar-refractivity contribution in [1.29, 1.82) is 0 Å². The van der Waals surface area contributed by atoms with Crippen molar-refractivity contribution in [3.05, 3.63) is 33.0 Å². The van der Waals surface area contributed by atoms with Gasteiger partial charge in [-0.2, -0.15) is 0 Å². The number of hydrogen-bond acceptors (Lipinski definition) is 4. The van der Waals surface area contributed by atoms with Gasteiger partial charge in [0.25, 0.3) is 0 Å². The first-order valence-electron chi connectivity index (χ1n) is 5.86. The number of aryl methyl sites for hydroxylation is 1. The number of carboxylic acid groups (broad SMARTS) is 1. The molecule has 5 nitrogen and oxygen atoms in total. The lowest BCUT2D eigenvalue weighted by atomic mass is 10.3. The molecule has 0 aliphatic heterocycles. The van der Waals surface area contributed by atoms with Crippen LogP contribution in [0.25, 0.3) is 5.69 Å². The molecule has 2 aromatic rings. The highest BCUT2D eigenvalue weighted by Crippen LogP contribution is 2.35. The smallest absolute Gasteiger partial charge is 0.313 e. The van der Waals surface area contributed by atoms with E-state index in [2.05, 4.69) is 36.8 Å². The normalized spacial score (nSPS) is 10.7. The number of methoxy groups -OCH3 is 1. The van der Waals surface area contributed by atoms with E-state index in [1.807, 2.05) is 23.6 Å². The van der Waals surface area contributed by atoms with Gasteiger partial charge in [-0.15, -0.1) is 0 Å². The van der Waals surface area contributed by atoms with E-state index in [1.165, 1.54) is 11.8 Å². The van der Waals surface area contributed by atoms with Gasteiger partial charge in [0.1, 0.15) is 5.75 Å². The Morgan fingerprint density at radius 2 is 2.14 bits per heavy atom. The van der Waals surface area contributed by atoms with Crippen molar-refractivity contribution in [3.63, 3.8) is 0 Å². The fourth-order valence-corrected chi connectivity index (χ4v) is 3.87. The number of halogens is 2. The quantitative estimate of drug-likeness (QED) is 0.721. The highest BCUT2D eigenvalue weighted by Gasteiger charge is 2.16. The summed E-state index contributed by atoms with van der Waals surface area (Å²) in [6.45, 7) is 1.92. The van der Waals surface area contributed by atoms with Gasteiger partial charge in [-0.05, 0) is 44.8 Å². The Hall–Kier alpha value is -0.990. The second kappa shape index (κ2) is 6.85. The standard InChI is InChI=1S/C13H12Br2N2O3S/c1-7-5-16-13(21-6-12(18)19)17(7)10-4-11(20-2)9(15)3-8(10)14/h3-5H,6H2,1-2H3,(H,18,19). The summed E-state index contributed by atoms with van der Waals surface area (Å²) in [5.74, 6) is -0.225. The SMILES string of the molecule is COc1cc(-n2c(C)cnc2SCC(=O)O)c(Br)cc1Br. The van der Waals surface area contributed by atoms with E-state index in [1.54, 1.807) is 13.3 Å². The number of nitrogens with zero attached hydrogens (tertiary/aromatic N) is 2. The maximum Gasteiger partial charge on any atom is 0.313 e. The number of imidazole rings is 1. The average molecular weight is 436 g/mol. The Kier molecular flexibility index (Phi) is 5.34. The fourth-order valence-electron chi connectivity index (χ4n) is 1.78. The van der Waals surface area contributed by atoms with Crippen LogP contribution in [0.1, 0.15) is 5.69 Å². The van der Waals surface area contributed by atoms with E-state index in [0.717, 1.165) is 20.3 Å². The minimum atomic E-state index is -0.875. The van der Waals surface area contributed by atoms with Crippen molar-refractivity contribution in [2.75, 3.05) is 12.9 Å². The average Bonchev–Trinajstić information content (AvgIpc) is 2.78. The molecule has 0 saturated carbocycles. The van der Waals surface area contributed by atoms with Gasteiger partial charge < -0.3 is 9.84 Å². The molecular weight excluding hydrogens is 424 g/mol. The Bertz CT molecular complexity index is 688. The van der Waals surface area contributed by atoms with Gasteiger partial charge in [-0.1, -0.05) is 11.8 Å². The summed E-state index contributed by atoms with van der Waals surface area (Å²) in [7, 11) is 1.60.